The number of hydrogen-bond donors (Lipinski definition) is 0. The van der Waals surface area contributed by atoms with Crippen molar-refractivity contribution in [2.75, 3.05) is 79.4 Å². The summed E-state index contributed by atoms with van der Waals surface area (Å²) in [4.78, 5) is 34.4. The van der Waals surface area contributed by atoms with Crippen molar-refractivity contribution >= 4 is 11.9 Å². The van der Waals surface area contributed by atoms with E-state index in [-0.39, 0.29) is 23.5 Å². The van der Waals surface area contributed by atoms with E-state index in [2.05, 4.69) is 4.90 Å². The zero-order valence-electron chi connectivity index (χ0n) is 18.0. The molecule has 4 aliphatic heterocycles. The summed E-state index contributed by atoms with van der Waals surface area (Å²) in [6.07, 6.45) is 0. The molecule has 9 nitrogen and oxygen atoms in total. The van der Waals surface area contributed by atoms with Crippen molar-refractivity contribution in [2.45, 2.75) is 11.6 Å². The van der Waals surface area contributed by atoms with Crippen molar-refractivity contribution in [1.82, 2.24) is 19.6 Å². The summed E-state index contributed by atoms with van der Waals surface area (Å²) in [5, 5.41) is 0. The molecular weight excluding hydrogens is 400 g/mol. The van der Waals surface area contributed by atoms with Gasteiger partial charge < -0.3 is 28.9 Å². The third-order valence-corrected chi connectivity index (χ3v) is 6.90. The number of carbonyl (C=O) groups is 2. The minimum Gasteiger partial charge on any atom is -0.497 e. The molecule has 4 saturated heterocycles. The summed E-state index contributed by atoms with van der Waals surface area (Å²) >= 11 is 0. The maximum absolute atomic E-state index is 13.3. The Morgan fingerprint density at radius 2 is 1.61 bits per heavy atom. The highest BCUT2D eigenvalue weighted by Crippen LogP contribution is 2.36. The molecule has 4 aliphatic rings. The number of carbonyl (C=O) groups excluding carboxylic acids is 2. The SMILES string of the molecule is COc1ccc(C(=O)N2C[C@@H]3COCCN3C3(C2)CN(C(=O)N2CCOCC2)C3)cc1. The molecule has 0 N–H and O–H groups in total. The second-order valence-corrected chi connectivity index (χ2v) is 8.80. The first kappa shape index (κ1) is 20.5. The van der Waals surface area contributed by atoms with Crippen LogP contribution >= 0.6 is 0 Å². The quantitative estimate of drug-likeness (QED) is 0.675. The number of fused-ring (bicyclic) bond motifs is 2. The molecule has 0 radical (unpaired) electrons. The lowest BCUT2D eigenvalue weighted by Crippen LogP contribution is -2.82. The van der Waals surface area contributed by atoms with Gasteiger partial charge in [0.1, 0.15) is 5.75 Å². The van der Waals surface area contributed by atoms with Crippen molar-refractivity contribution in [3.8, 4) is 5.75 Å². The van der Waals surface area contributed by atoms with E-state index >= 15 is 0 Å². The summed E-state index contributed by atoms with van der Waals surface area (Å²) in [6, 6.07) is 7.49. The van der Waals surface area contributed by atoms with Crippen molar-refractivity contribution < 1.29 is 23.8 Å². The molecule has 4 heterocycles. The number of piperazine rings is 1. The fraction of sp³-hybridized carbons (Fsp3) is 0.636. The van der Waals surface area contributed by atoms with E-state index in [1.807, 2.05) is 39.0 Å². The molecule has 5 rings (SSSR count). The molecule has 3 amide bonds. The number of morpholine rings is 2. The molecule has 0 aromatic heterocycles. The fourth-order valence-corrected chi connectivity index (χ4v) is 5.30. The average molecular weight is 431 g/mol. The van der Waals surface area contributed by atoms with Gasteiger partial charge in [0.2, 0.25) is 0 Å². The van der Waals surface area contributed by atoms with Crippen LogP contribution in [0.15, 0.2) is 24.3 Å². The van der Waals surface area contributed by atoms with Gasteiger partial charge >= 0.3 is 6.03 Å². The van der Waals surface area contributed by atoms with Gasteiger partial charge in [-0.15, -0.1) is 0 Å². The van der Waals surface area contributed by atoms with Gasteiger partial charge in [0.15, 0.2) is 0 Å². The molecule has 0 saturated carbocycles. The predicted octanol–water partition coefficient (Wildman–Crippen LogP) is 0.358. The molecular formula is C22H30N4O5. The Labute approximate surface area is 182 Å². The van der Waals surface area contributed by atoms with Crippen LogP contribution in [0.1, 0.15) is 10.4 Å². The maximum atomic E-state index is 13.3. The largest absolute Gasteiger partial charge is 0.497 e. The fourth-order valence-electron chi connectivity index (χ4n) is 5.30. The van der Waals surface area contributed by atoms with Gasteiger partial charge in [-0.25, -0.2) is 4.79 Å². The molecule has 1 aromatic carbocycles. The number of hydrogen-bond acceptors (Lipinski definition) is 6. The number of methoxy groups -OCH3 is 1. The van der Waals surface area contributed by atoms with Crippen molar-refractivity contribution in [3.05, 3.63) is 29.8 Å². The molecule has 31 heavy (non-hydrogen) atoms. The molecule has 168 valence electrons. The Kier molecular flexibility index (Phi) is 5.49. The van der Waals surface area contributed by atoms with Crippen LogP contribution < -0.4 is 4.74 Å². The summed E-state index contributed by atoms with van der Waals surface area (Å²) in [7, 11) is 1.61. The number of ether oxygens (including phenoxy) is 3. The van der Waals surface area contributed by atoms with Crippen molar-refractivity contribution in [3.63, 3.8) is 0 Å². The summed E-state index contributed by atoms with van der Waals surface area (Å²) in [5.74, 6) is 0.750. The number of urea groups is 1. The first-order chi connectivity index (χ1) is 15.1. The molecule has 1 atom stereocenters. The Hall–Kier alpha value is -2.36. The molecule has 1 spiro atoms. The predicted molar refractivity (Wildman–Crippen MR) is 112 cm³/mol. The number of rotatable bonds is 2. The lowest BCUT2D eigenvalue weighted by molar-refractivity contribution is -0.150. The summed E-state index contributed by atoms with van der Waals surface area (Å²) < 4.78 is 16.3. The molecule has 0 bridgehead atoms. The molecule has 4 fully saturated rings. The third kappa shape index (κ3) is 3.75. The summed E-state index contributed by atoms with van der Waals surface area (Å²) in [5.41, 5.74) is 0.457. The molecule has 9 heteroatoms. The van der Waals surface area contributed by atoms with Crippen molar-refractivity contribution in [1.29, 1.82) is 0 Å². The van der Waals surface area contributed by atoms with Crippen LogP contribution in [0.25, 0.3) is 0 Å². The van der Waals surface area contributed by atoms with Crippen LogP contribution in [0.2, 0.25) is 0 Å². The van der Waals surface area contributed by atoms with E-state index < -0.39 is 0 Å². The van der Waals surface area contributed by atoms with Crippen LogP contribution in [0.5, 0.6) is 5.75 Å². The highest BCUT2D eigenvalue weighted by Gasteiger charge is 2.56. The lowest BCUT2D eigenvalue weighted by Gasteiger charge is -2.63. The van der Waals surface area contributed by atoms with Gasteiger partial charge in [-0.3, -0.25) is 9.69 Å². The van der Waals surface area contributed by atoms with Crippen LogP contribution in [0.3, 0.4) is 0 Å². The van der Waals surface area contributed by atoms with Gasteiger partial charge in [-0.05, 0) is 24.3 Å². The summed E-state index contributed by atoms with van der Waals surface area (Å²) in [6.45, 7) is 7.20. The lowest BCUT2D eigenvalue weighted by atomic mass is 9.82. The number of likely N-dealkylation sites (tertiary alicyclic amines) is 1. The van der Waals surface area contributed by atoms with Gasteiger partial charge in [0.05, 0.1) is 45.1 Å². The Morgan fingerprint density at radius 1 is 0.935 bits per heavy atom. The smallest absolute Gasteiger partial charge is 0.320 e. The van der Waals surface area contributed by atoms with Crippen LogP contribution in [-0.4, -0.2) is 122 Å². The molecule has 0 aliphatic carbocycles. The molecule has 0 unspecified atom stereocenters. The minimum absolute atomic E-state index is 0.0187. The van der Waals surface area contributed by atoms with Gasteiger partial charge in [-0.2, -0.15) is 0 Å². The van der Waals surface area contributed by atoms with E-state index in [9.17, 15) is 9.59 Å². The topological polar surface area (TPSA) is 74.8 Å². The van der Waals surface area contributed by atoms with E-state index in [4.69, 9.17) is 14.2 Å². The second-order valence-electron chi connectivity index (χ2n) is 8.80. The van der Waals surface area contributed by atoms with Gasteiger partial charge in [0.25, 0.3) is 5.91 Å². The zero-order valence-corrected chi connectivity index (χ0v) is 18.0. The standard InChI is InChI=1S/C22H30N4O5/c1-29-19-4-2-17(3-5-19)20(27)24-12-18-13-31-11-8-26(18)22(14-24)15-25(16-22)21(28)23-6-9-30-10-7-23/h2-5,18H,6-16H2,1H3/t18-/m1/s1. The minimum atomic E-state index is -0.198. The van der Waals surface area contributed by atoms with E-state index in [1.54, 1.807) is 7.11 Å². The van der Waals surface area contributed by atoms with Crippen molar-refractivity contribution in [2.24, 2.45) is 0 Å². The van der Waals surface area contributed by atoms with E-state index in [1.165, 1.54) is 0 Å². The maximum Gasteiger partial charge on any atom is 0.320 e. The number of amides is 3. The highest BCUT2D eigenvalue weighted by atomic mass is 16.5. The van der Waals surface area contributed by atoms with Crippen LogP contribution in [0.4, 0.5) is 4.79 Å². The number of benzene rings is 1. The Morgan fingerprint density at radius 3 is 2.32 bits per heavy atom. The average Bonchev–Trinajstić information content (AvgIpc) is 2.81. The normalized spacial score (nSPS) is 25.7. The first-order valence-corrected chi connectivity index (χ1v) is 11.0. The van der Waals surface area contributed by atoms with Crippen LogP contribution in [-0.2, 0) is 9.47 Å². The first-order valence-electron chi connectivity index (χ1n) is 11.0. The highest BCUT2D eigenvalue weighted by molar-refractivity contribution is 5.94. The Bertz CT molecular complexity index is 820. The zero-order chi connectivity index (χ0) is 21.4. The Balaban J connectivity index is 1.31. The van der Waals surface area contributed by atoms with E-state index in [0.717, 1.165) is 12.3 Å². The third-order valence-electron chi connectivity index (χ3n) is 6.90. The van der Waals surface area contributed by atoms with E-state index in [0.29, 0.717) is 71.3 Å². The monoisotopic (exact) mass is 430 g/mol. The molecule has 1 aromatic rings. The van der Waals surface area contributed by atoms with Gasteiger partial charge in [0, 0.05) is 51.4 Å². The second kappa shape index (κ2) is 8.29. The van der Waals surface area contributed by atoms with Crippen LogP contribution in [0, 0.1) is 0 Å². The van der Waals surface area contributed by atoms with Gasteiger partial charge in [-0.1, -0.05) is 0 Å². The number of nitrogens with zero attached hydrogens (tertiary/aromatic N) is 4.